The number of amides is 1. The van der Waals surface area contributed by atoms with Crippen LogP contribution in [0.25, 0.3) is 5.65 Å². The molecule has 10 heteroatoms. The van der Waals surface area contributed by atoms with Gasteiger partial charge in [-0.1, -0.05) is 0 Å². The Kier molecular flexibility index (Phi) is 5.87. The highest BCUT2D eigenvalue weighted by Gasteiger charge is 2.36. The van der Waals surface area contributed by atoms with Gasteiger partial charge in [0.25, 0.3) is 0 Å². The van der Waals surface area contributed by atoms with Gasteiger partial charge in [0.2, 0.25) is 5.95 Å². The van der Waals surface area contributed by atoms with Crippen LogP contribution in [0.4, 0.5) is 15.1 Å². The molecule has 0 radical (unpaired) electrons. The summed E-state index contributed by atoms with van der Waals surface area (Å²) in [6, 6.07) is 2.85. The number of fused-ring (bicyclic) bond motifs is 2. The fourth-order valence-electron chi connectivity index (χ4n) is 4.22. The molecule has 3 aromatic rings. The van der Waals surface area contributed by atoms with E-state index < -0.39 is 11.7 Å². The van der Waals surface area contributed by atoms with E-state index in [9.17, 15) is 9.18 Å². The lowest BCUT2D eigenvalue weighted by Gasteiger charge is -2.22. The van der Waals surface area contributed by atoms with Crippen LogP contribution < -0.4 is 15.4 Å². The number of hydrogen-bond acceptors (Lipinski definition) is 6. The molecule has 5 rings (SSSR count). The molecular weight excluding hydrogens is 505 g/mol. The molecule has 34 heavy (non-hydrogen) atoms. The second kappa shape index (κ2) is 8.72. The first-order chi connectivity index (χ1) is 16.2. The number of imidazole rings is 1. The summed E-state index contributed by atoms with van der Waals surface area (Å²) >= 11 is 3.52. The van der Waals surface area contributed by atoms with Crippen molar-refractivity contribution in [3.05, 3.63) is 51.6 Å². The Bertz CT molecular complexity index is 1250. The quantitative estimate of drug-likeness (QED) is 0.457. The van der Waals surface area contributed by atoms with Gasteiger partial charge in [0, 0.05) is 36.5 Å². The molecule has 8 nitrogen and oxygen atoms in total. The van der Waals surface area contributed by atoms with Gasteiger partial charge in [0.1, 0.15) is 17.2 Å². The molecule has 0 spiro atoms. The summed E-state index contributed by atoms with van der Waals surface area (Å²) in [4.78, 5) is 21.7. The molecule has 0 saturated heterocycles. The molecule has 2 aromatic heterocycles. The Morgan fingerprint density at radius 2 is 2.18 bits per heavy atom. The summed E-state index contributed by atoms with van der Waals surface area (Å²) in [5.74, 6) is 1.30. The fourth-order valence-corrected chi connectivity index (χ4v) is 4.60. The molecule has 1 amide bonds. The first-order valence-corrected chi connectivity index (χ1v) is 12.2. The third kappa shape index (κ3) is 4.68. The van der Waals surface area contributed by atoms with E-state index in [1.54, 1.807) is 12.3 Å². The van der Waals surface area contributed by atoms with Crippen LogP contribution in [0, 0.1) is 11.7 Å². The zero-order valence-electron chi connectivity index (χ0n) is 19.3. The van der Waals surface area contributed by atoms with Crippen molar-refractivity contribution in [1.82, 2.24) is 19.7 Å². The summed E-state index contributed by atoms with van der Waals surface area (Å²) in [6.45, 7) is 6.33. The molecule has 1 fully saturated rings. The molecule has 2 aliphatic rings. The predicted molar refractivity (Wildman–Crippen MR) is 128 cm³/mol. The van der Waals surface area contributed by atoms with E-state index in [2.05, 4.69) is 31.5 Å². The van der Waals surface area contributed by atoms with Crippen molar-refractivity contribution in [3.8, 4) is 5.75 Å². The molecule has 180 valence electrons. The summed E-state index contributed by atoms with van der Waals surface area (Å²) < 4.78 is 28.2. The maximum Gasteiger partial charge on any atom is 0.408 e. The van der Waals surface area contributed by atoms with E-state index in [1.165, 1.54) is 6.07 Å². The van der Waals surface area contributed by atoms with E-state index in [-0.39, 0.29) is 18.4 Å². The number of halogens is 2. The highest BCUT2D eigenvalue weighted by atomic mass is 79.9. The molecule has 3 heterocycles. The molecular formula is C24H27BrFN5O3. The Morgan fingerprint density at radius 1 is 1.38 bits per heavy atom. The van der Waals surface area contributed by atoms with E-state index in [1.807, 2.05) is 31.4 Å². The van der Waals surface area contributed by atoms with Crippen LogP contribution in [0.2, 0.25) is 0 Å². The molecule has 1 saturated carbocycles. The third-order valence-electron chi connectivity index (χ3n) is 5.91. The van der Waals surface area contributed by atoms with Crippen LogP contribution in [0.1, 0.15) is 56.5 Å². The van der Waals surface area contributed by atoms with E-state index in [4.69, 9.17) is 14.5 Å². The number of aromatic nitrogens is 3. The normalized spacial score (nSPS) is 16.1. The van der Waals surface area contributed by atoms with Crippen LogP contribution in [0.5, 0.6) is 5.75 Å². The van der Waals surface area contributed by atoms with Crippen LogP contribution in [0.3, 0.4) is 0 Å². The van der Waals surface area contributed by atoms with Gasteiger partial charge in [-0.3, -0.25) is 4.40 Å². The summed E-state index contributed by atoms with van der Waals surface area (Å²) in [6.07, 6.45) is 5.77. The summed E-state index contributed by atoms with van der Waals surface area (Å²) in [7, 11) is 0. The zero-order valence-corrected chi connectivity index (χ0v) is 20.9. The molecule has 1 aliphatic heterocycles. The number of rotatable bonds is 6. The maximum atomic E-state index is 14.6. The molecule has 1 aliphatic carbocycles. The number of nitrogens with zero attached hydrogens (tertiary/aromatic N) is 3. The summed E-state index contributed by atoms with van der Waals surface area (Å²) in [5, 5.41) is 6.24. The maximum absolute atomic E-state index is 14.6. The van der Waals surface area contributed by atoms with Crippen molar-refractivity contribution >= 4 is 33.6 Å². The first kappa shape index (κ1) is 22.9. The van der Waals surface area contributed by atoms with Crippen LogP contribution in [0.15, 0.2) is 29.0 Å². The van der Waals surface area contributed by atoms with Gasteiger partial charge in [0.05, 0.1) is 22.8 Å². The number of carbonyl (C=O) groups is 1. The summed E-state index contributed by atoms with van der Waals surface area (Å²) in [5.41, 5.74) is 2.27. The van der Waals surface area contributed by atoms with Gasteiger partial charge in [-0.05, 0) is 67.6 Å². The topological polar surface area (TPSA) is 89.8 Å². The number of ether oxygens (including phenoxy) is 2. The molecule has 1 atom stereocenters. The van der Waals surface area contributed by atoms with Crippen LogP contribution >= 0.6 is 15.9 Å². The SMILES string of the molecule is CC(C)(C)OC(=O)NC(c1cn2c(NCc3c(F)ccc4c3CCO4)ncc(Br)c2n1)C1CC1. The van der Waals surface area contributed by atoms with Gasteiger partial charge >= 0.3 is 6.09 Å². The molecule has 2 N–H and O–H groups in total. The number of anilines is 1. The highest BCUT2D eigenvalue weighted by molar-refractivity contribution is 9.10. The predicted octanol–water partition coefficient (Wildman–Crippen LogP) is 5.15. The lowest BCUT2D eigenvalue weighted by molar-refractivity contribution is 0.0496. The lowest BCUT2D eigenvalue weighted by atomic mass is 10.0. The standard InChI is InChI=1S/C24H27BrFN5O3/c1-24(2,3)34-23(32)30-20(13-4-5-13)18-12-31-21(29-18)16(25)11-28-22(31)27-10-15-14-8-9-33-19(14)7-6-17(15)26/h6-7,11-13,20H,4-5,8-10H2,1-3H3,(H,27,28)(H,30,32). The minimum Gasteiger partial charge on any atom is -0.493 e. The van der Waals surface area contributed by atoms with Gasteiger partial charge in [-0.15, -0.1) is 0 Å². The zero-order chi connectivity index (χ0) is 24.0. The molecule has 1 aromatic carbocycles. The molecule has 0 bridgehead atoms. The Morgan fingerprint density at radius 3 is 2.91 bits per heavy atom. The lowest BCUT2D eigenvalue weighted by Crippen LogP contribution is -2.35. The smallest absolute Gasteiger partial charge is 0.408 e. The average molecular weight is 532 g/mol. The highest BCUT2D eigenvalue weighted by Crippen LogP contribution is 2.41. The van der Waals surface area contributed by atoms with E-state index in [0.717, 1.165) is 34.3 Å². The van der Waals surface area contributed by atoms with Crippen molar-refractivity contribution < 1.29 is 18.7 Å². The second-order valence-corrected chi connectivity index (χ2v) is 10.6. The third-order valence-corrected chi connectivity index (χ3v) is 6.47. The van der Waals surface area contributed by atoms with E-state index in [0.29, 0.717) is 36.1 Å². The number of benzene rings is 1. The fraction of sp³-hybridized carbons (Fsp3) is 0.458. The number of nitrogens with one attached hydrogen (secondary N) is 2. The van der Waals surface area contributed by atoms with Crippen molar-refractivity contribution in [2.75, 3.05) is 11.9 Å². The van der Waals surface area contributed by atoms with Gasteiger partial charge in [0.15, 0.2) is 5.65 Å². The van der Waals surface area contributed by atoms with Crippen molar-refractivity contribution in [3.63, 3.8) is 0 Å². The number of carbonyl (C=O) groups excluding carboxylic acids is 1. The van der Waals surface area contributed by atoms with Gasteiger partial charge in [-0.2, -0.15) is 0 Å². The largest absolute Gasteiger partial charge is 0.493 e. The number of alkyl carbamates (subject to hydrolysis) is 1. The van der Waals surface area contributed by atoms with Gasteiger partial charge < -0.3 is 20.1 Å². The monoisotopic (exact) mass is 531 g/mol. The Hall–Kier alpha value is -2.88. The van der Waals surface area contributed by atoms with Crippen LogP contribution in [-0.2, 0) is 17.7 Å². The average Bonchev–Trinajstić information content (AvgIpc) is 3.31. The van der Waals surface area contributed by atoms with Crippen molar-refractivity contribution in [2.24, 2.45) is 5.92 Å². The molecule has 1 unspecified atom stereocenters. The van der Waals surface area contributed by atoms with Crippen LogP contribution in [-0.4, -0.2) is 32.7 Å². The Balaban J connectivity index is 1.42. The van der Waals surface area contributed by atoms with Gasteiger partial charge in [-0.25, -0.2) is 19.2 Å². The minimum atomic E-state index is -0.584. The Labute approximate surface area is 205 Å². The minimum absolute atomic E-state index is 0.262. The number of hydrogen-bond donors (Lipinski definition) is 2. The van der Waals surface area contributed by atoms with E-state index >= 15 is 0 Å². The van der Waals surface area contributed by atoms with Crippen molar-refractivity contribution in [1.29, 1.82) is 0 Å². The first-order valence-electron chi connectivity index (χ1n) is 11.4. The second-order valence-electron chi connectivity index (χ2n) is 9.71. The van der Waals surface area contributed by atoms with Crippen molar-refractivity contribution in [2.45, 2.75) is 58.2 Å².